The zero-order valence-electron chi connectivity index (χ0n) is 17.5. The van der Waals surface area contributed by atoms with Crippen LogP contribution in [-0.2, 0) is 9.47 Å². The van der Waals surface area contributed by atoms with Crippen LogP contribution < -0.4 is 11.5 Å². The van der Waals surface area contributed by atoms with Crippen LogP contribution in [-0.4, -0.2) is 48.8 Å². The van der Waals surface area contributed by atoms with E-state index < -0.39 is 34.6 Å². The highest BCUT2D eigenvalue weighted by molar-refractivity contribution is 6.10. The lowest BCUT2D eigenvalue weighted by Crippen LogP contribution is -2.52. The van der Waals surface area contributed by atoms with E-state index in [0.29, 0.717) is 11.1 Å². The van der Waals surface area contributed by atoms with E-state index in [9.17, 15) is 19.2 Å². The first-order chi connectivity index (χ1) is 15.1. The number of hydrogen-bond acceptors (Lipinski definition) is 8. The summed E-state index contributed by atoms with van der Waals surface area (Å²) in [6.07, 6.45) is 5.52. The summed E-state index contributed by atoms with van der Waals surface area (Å²) in [4.78, 5) is 49.0. The Morgan fingerprint density at radius 1 is 0.562 bits per heavy atom. The third kappa shape index (κ3) is 4.27. The zero-order chi connectivity index (χ0) is 23.5. The van der Waals surface area contributed by atoms with Gasteiger partial charge in [-0.2, -0.15) is 0 Å². The van der Waals surface area contributed by atoms with E-state index in [2.05, 4.69) is 9.47 Å². The van der Waals surface area contributed by atoms with E-state index in [1.807, 2.05) is 0 Å². The first-order valence-corrected chi connectivity index (χ1v) is 9.58. The zero-order valence-corrected chi connectivity index (χ0v) is 17.5. The standard InChI is InChI=1S/C24H22N2O6/c1-31-21(29)17-7-3-15(4-8-17)19(27)23(25)11-13-24(26,14-12-23)20(28)16-5-9-18(10-6-16)22(30)32-2/h3-14H,25-26H2,1-2H3. The molecule has 1 aliphatic rings. The number of hydrogen-bond donors (Lipinski definition) is 2. The summed E-state index contributed by atoms with van der Waals surface area (Å²) in [7, 11) is 2.53. The minimum absolute atomic E-state index is 0.281. The van der Waals surface area contributed by atoms with Crippen molar-refractivity contribution in [2.24, 2.45) is 11.5 Å². The number of rotatable bonds is 6. The van der Waals surface area contributed by atoms with Gasteiger partial charge in [0, 0.05) is 11.1 Å². The molecule has 8 heteroatoms. The van der Waals surface area contributed by atoms with Gasteiger partial charge in [-0.15, -0.1) is 0 Å². The van der Waals surface area contributed by atoms with Crippen molar-refractivity contribution in [2.45, 2.75) is 11.1 Å². The fourth-order valence-electron chi connectivity index (χ4n) is 3.22. The smallest absolute Gasteiger partial charge is 0.337 e. The lowest BCUT2D eigenvalue weighted by molar-refractivity contribution is 0.0592. The van der Waals surface area contributed by atoms with Crippen LogP contribution in [0.5, 0.6) is 0 Å². The van der Waals surface area contributed by atoms with Crippen molar-refractivity contribution in [2.75, 3.05) is 14.2 Å². The highest BCUT2D eigenvalue weighted by Gasteiger charge is 2.38. The van der Waals surface area contributed by atoms with Gasteiger partial charge in [0.1, 0.15) is 11.1 Å². The van der Waals surface area contributed by atoms with E-state index in [1.54, 1.807) is 0 Å². The normalized spacial score (nSPS) is 21.6. The van der Waals surface area contributed by atoms with Crippen LogP contribution in [0.3, 0.4) is 0 Å². The minimum atomic E-state index is -1.51. The second-order valence-corrected chi connectivity index (χ2v) is 7.33. The maximum atomic E-state index is 12.9. The average molecular weight is 434 g/mol. The molecule has 8 nitrogen and oxygen atoms in total. The first-order valence-electron chi connectivity index (χ1n) is 9.58. The molecule has 1 aliphatic carbocycles. The molecule has 0 radical (unpaired) electrons. The molecule has 164 valence electrons. The van der Waals surface area contributed by atoms with Crippen molar-refractivity contribution < 1.29 is 28.7 Å². The fourth-order valence-corrected chi connectivity index (χ4v) is 3.22. The number of methoxy groups -OCH3 is 2. The molecule has 0 atom stereocenters. The molecule has 0 aliphatic heterocycles. The third-order valence-electron chi connectivity index (χ3n) is 5.19. The van der Waals surface area contributed by atoms with Gasteiger partial charge in [-0.3, -0.25) is 9.59 Å². The van der Waals surface area contributed by atoms with Crippen LogP contribution in [0.25, 0.3) is 0 Å². The van der Waals surface area contributed by atoms with Crippen LogP contribution in [0, 0.1) is 0 Å². The number of benzene rings is 2. The van der Waals surface area contributed by atoms with Gasteiger partial charge in [-0.25, -0.2) is 9.59 Å². The highest BCUT2D eigenvalue weighted by atomic mass is 16.5. The number of ether oxygens (including phenoxy) is 2. The van der Waals surface area contributed by atoms with Gasteiger partial charge < -0.3 is 20.9 Å². The number of esters is 2. The molecule has 0 aromatic heterocycles. The molecule has 0 heterocycles. The van der Waals surface area contributed by atoms with Crippen LogP contribution >= 0.6 is 0 Å². The molecular formula is C24H22N2O6. The number of ketones is 2. The molecule has 0 spiro atoms. The molecule has 0 bridgehead atoms. The van der Waals surface area contributed by atoms with E-state index >= 15 is 0 Å². The summed E-state index contributed by atoms with van der Waals surface area (Å²) < 4.78 is 9.28. The monoisotopic (exact) mass is 434 g/mol. The van der Waals surface area contributed by atoms with Crippen LogP contribution in [0.1, 0.15) is 41.4 Å². The SMILES string of the molecule is COC(=O)c1ccc(C(=O)C2(N)C=CC(N)(C(=O)c3ccc(C(=O)OC)cc3)C=C2)cc1. The summed E-state index contributed by atoms with van der Waals surface area (Å²) in [6, 6.07) is 11.8. The highest BCUT2D eigenvalue weighted by Crippen LogP contribution is 2.25. The molecule has 0 fully saturated rings. The van der Waals surface area contributed by atoms with Crippen molar-refractivity contribution in [3.63, 3.8) is 0 Å². The molecule has 0 saturated carbocycles. The Labute approximate surface area is 184 Å². The summed E-state index contributed by atoms with van der Waals surface area (Å²) in [6.45, 7) is 0. The van der Waals surface area contributed by atoms with Crippen molar-refractivity contribution in [3.05, 3.63) is 95.1 Å². The van der Waals surface area contributed by atoms with Gasteiger partial charge in [0.2, 0.25) is 0 Å². The van der Waals surface area contributed by atoms with Gasteiger partial charge >= 0.3 is 11.9 Å². The Bertz CT molecular complexity index is 1030. The number of carbonyl (C=O) groups excluding carboxylic acids is 4. The third-order valence-corrected chi connectivity index (χ3v) is 5.19. The molecule has 3 rings (SSSR count). The largest absolute Gasteiger partial charge is 0.465 e. The molecular weight excluding hydrogens is 412 g/mol. The summed E-state index contributed by atoms with van der Waals surface area (Å²) in [5, 5.41) is 0. The predicted molar refractivity (Wildman–Crippen MR) is 116 cm³/mol. The van der Waals surface area contributed by atoms with Crippen LogP contribution in [0.2, 0.25) is 0 Å². The second-order valence-electron chi connectivity index (χ2n) is 7.33. The van der Waals surface area contributed by atoms with Crippen LogP contribution in [0.4, 0.5) is 0 Å². The summed E-state index contributed by atoms with van der Waals surface area (Å²) in [5.41, 5.74) is 10.7. The van der Waals surface area contributed by atoms with Gasteiger partial charge in [-0.05, 0) is 24.3 Å². The Balaban J connectivity index is 1.79. The summed E-state index contributed by atoms with van der Waals surface area (Å²) >= 11 is 0. The molecule has 2 aromatic carbocycles. The quantitative estimate of drug-likeness (QED) is 0.399. The van der Waals surface area contributed by atoms with Crippen molar-refractivity contribution in [3.8, 4) is 0 Å². The maximum absolute atomic E-state index is 12.9. The van der Waals surface area contributed by atoms with E-state index in [4.69, 9.17) is 11.5 Å². The van der Waals surface area contributed by atoms with Crippen molar-refractivity contribution in [1.82, 2.24) is 0 Å². The van der Waals surface area contributed by atoms with Gasteiger partial charge in [-0.1, -0.05) is 48.6 Å². The molecule has 0 unspecified atom stereocenters. The van der Waals surface area contributed by atoms with Crippen molar-refractivity contribution in [1.29, 1.82) is 0 Å². The van der Waals surface area contributed by atoms with E-state index in [1.165, 1.54) is 87.1 Å². The molecule has 32 heavy (non-hydrogen) atoms. The Hall–Kier alpha value is -3.88. The van der Waals surface area contributed by atoms with Gasteiger partial charge in [0.25, 0.3) is 0 Å². The Morgan fingerprint density at radius 3 is 1.06 bits per heavy atom. The number of carbonyl (C=O) groups is 4. The number of Topliss-reactive ketones (excluding diaryl/α,β-unsaturated/α-hetero) is 2. The minimum Gasteiger partial charge on any atom is -0.465 e. The first kappa shape index (κ1) is 22.8. The van der Waals surface area contributed by atoms with Gasteiger partial charge in [0.15, 0.2) is 11.6 Å². The molecule has 2 aromatic rings. The Morgan fingerprint density at radius 2 is 0.812 bits per heavy atom. The maximum Gasteiger partial charge on any atom is 0.337 e. The molecule has 0 amide bonds. The lowest BCUT2D eigenvalue weighted by Gasteiger charge is -2.30. The van der Waals surface area contributed by atoms with E-state index in [-0.39, 0.29) is 11.1 Å². The van der Waals surface area contributed by atoms with Crippen LogP contribution in [0.15, 0.2) is 72.8 Å². The Kier molecular flexibility index (Phi) is 6.20. The topological polar surface area (TPSA) is 139 Å². The fraction of sp³-hybridized carbons (Fsp3) is 0.167. The average Bonchev–Trinajstić information content (AvgIpc) is 2.84. The molecule has 0 saturated heterocycles. The number of nitrogens with two attached hydrogens (primary N) is 2. The predicted octanol–water partition coefficient (Wildman–Crippen LogP) is 1.85. The molecule has 4 N–H and O–H groups in total. The van der Waals surface area contributed by atoms with E-state index in [0.717, 1.165) is 0 Å². The van der Waals surface area contributed by atoms with Crippen molar-refractivity contribution >= 4 is 23.5 Å². The lowest BCUT2D eigenvalue weighted by atomic mass is 9.78. The summed E-state index contributed by atoms with van der Waals surface area (Å²) in [5.74, 6) is -1.90. The van der Waals surface area contributed by atoms with Gasteiger partial charge in [0.05, 0.1) is 25.3 Å². The second kappa shape index (κ2) is 8.70.